The van der Waals surface area contributed by atoms with Crippen LogP contribution in [-0.4, -0.2) is 35.6 Å². The number of rotatable bonds is 7. The summed E-state index contributed by atoms with van der Waals surface area (Å²) >= 11 is 0. The van der Waals surface area contributed by atoms with E-state index in [1.54, 1.807) is 0 Å². The van der Waals surface area contributed by atoms with E-state index in [1.165, 1.54) is 25.0 Å². The largest absolute Gasteiger partial charge is 0.381 e. The molecule has 0 saturated carbocycles. The standard InChI is InChI=1S/C16H29N3O/c1-4-8-17-16(14-6-10-20-11-7-14)12-15-5-9-19(18-15)13(2)3/h5,9,13-14,16-17H,4,6-8,10-12H2,1-3H3. The summed E-state index contributed by atoms with van der Waals surface area (Å²) in [5.74, 6) is 0.722. The highest BCUT2D eigenvalue weighted by molar-refractivity contribution is 5.03. The fourth-order valence-corrected chi connectivity index (χ4v) is 2.85. The van der Waals surface area contributed by atoms with Crippen LogP contribution in [-0.2, 0) is 11.2 Å². The van der Waals surface area contributed by atoms with Crippen LogP contribution in [0.3, 0.4) is 0 Å². The first-order chi connectivity index (χ1) is 9.70. The van der Waals surface area contributed by atoms with Crippen LogP contribution >= 0.6 is 0 Å². The Morgan fingerprint density at radius 2 is 2.15 bits per heavy atom. The van der Waals surface area contributed by atoms with Gasteiger partial charge < -0.3 is 10.1 Å². The zero-order valence-corrected chi connectivity index (χ0v) is 13.1. The second kappa shape index (κ2) is 7.79. The van der Waals surface area contributed by atoms with Crippen molar-refractivity contribution in [1.29, 1.82) is 0 Å². The molecule has 1 aliphatic rings. The molecule has 1 fully saturated rings. The summed E-state index contributed by atoms with van der Waals surface area (Å²) in [6.07, 6.45) is 6.66. The van der Waals surface area contributed by atoms with Crippen molar-refractivity contribution in [3.8, 4) is 0 Å². The Kier molecular flexibility index (Phi) is 6.05. The van der Waals surface area contributed by atoms with E-state index in [-0.39, 0.29) is 0 Å². The summed E-state index contributed by atoms with van der Waals surface area (Å²) in [6.45, 7) is 9.48. The molecular formula is C16H29N3O. The van der Waals surface area contributed by atoms with Crippen molar-refractivity contribution >= 4 is 0 Å². The molecule has 0 amide bonds. The summed E-state index contributed by atoms with van der Waals surface area (Å²) in [6, 6.07) is 3.14. The Bertz CT molecular complexity index is 383. The Balaban J connectivity index is 1.97. The molecule has 1 N–H and O–H groups in total. The first-order valence-electron chi connectivity index (χ1n) is 8.06. The van der Waals surface area contributed by atoms with Crippen molar-refractivity contribution in [2.24, 2.45) is 5.92 Å². The normalized spacial score (nSPS) is 18.6. The van der Waals surface area contributed by atoms with Gasteiger partial charge in [0.2, 0.25) is 0 Å². The van der Waals surface area contributed by atoms with Gasteiger partial charge in [-0.2, -0.15) is 5.10 Å². The molecule has 1 saturated heterocycles. The molecule has 0 spiro atoms. The molecule has 1 aromatic heterocycles. The lowest BCUT2D eigenvalue weighted by Gasteiger charge is -2.30. The summed E-state index contributed by atoms with van der Waals surface area (Å²) in [5.41, 5.74) is 1.21. The van der Waals surface area contributed by atoms with Crippen LogP contribution in [0.1, 0.15) is 51.8 Å². The first kappa shape index (κ1) is 15.5. The topological polar surface area (TPSA) is 39.1 Å². The first-order valence-corrected chi connectivity index (χ1v) is 8.06. The van der Waals surface area contributed by atoms with E-state index in [0.717, 1.165) is 32.1 Å². The van der Waals surface area contributed by atoms with Gasteiger partial charge in [-0.15, -0.1) is 0 Å². The number of ether oxygens (including phenoxy) is 1. The highest BCUT2D eigenvalue weighted by Gasteiger charge is 2.24. The molecule has 1 atom stereocenters. The summed E-state index contributed by atoms with van der Waals surface area (Å²) in [4.78, 5) is 0. The highest BCUT2D eigenvalue weighted by Crippen LogP contribution is 2.21. The van der Waals surface area contributed by atoms with Gasteiger partial charge in [-0.3, -0.25) is 4.68 Å². The van der Waals surface area contributed by atoms with Gasteiger partial charge in [0.25, 0.3) is 0 Å². The quantitative estimate of drug-likeness (QED) is 0.834. The van der Waals surface area contributed by atoms with Crippen LogP contribution < -0.4 is 5.32 Å². The lowest BCUT2D eigenvalue weighted by Crippen LogP contribution is -2.41. The monoisotopic (exact) mass is 279 g/mol. The molecule has 0 bridgehead atoms. The molecular weight excluding hydrogens is 250 g/mol. The lowest BCUT2D eigenvalue weighted by molar-refractivity contribution is 0.0536. The zero-order valence-electron chi connectivity index (χ0n) is 13.1. The Labute approximate surface area is 122 Å². The summed E-state index contributed by atoms with van der Waals surface area (Å²) < 4.78 is 7.54. The van der Waals surface area contributed by atoms with Crippen molar-refractivity contribution in [2.45, 2.75) is 58.5 Å². The molecule has 4 heteroatoms. The molecule has 1 unspecified atom stereocenters. The van der Waals surface area contributed by atoms with Gasteiger partial charge in [-0.05, 0) is 51.6 Å². The predicted molar refractivity (Wildman–Crippen MR) is 81.9 cm³/mol. The molecule has 0 aromatic carbocycles. The van der Waals surface area contributed by atoms with Gasteiger partial charge in [0.1, 0.15) is 0 Å². The third kappa shape index (κ3) is 4.32. The molecule has 0 radical (unpaired) electrons. The second-order valence-corrected chi connectivity index (χ2v) is 6.10. The molecule has 2 heterocycles. The maximum atomic E-state index is 5.49. The molecule has 2 rings (SSSR count). The minimum Gasteiger partial charge on any atom is -0.381 e. The van der Waals surface area contributed by atoms with E-state index in [0.29, 0.717) is 12.1 Å². The Morgan fingerprint density at radius 1 is 1.40 bits per heavy atom. The molecule has 1 aromatic rings. The number of hydrogen-bond acceptors (Lipinski definition) is 3. The van der Waals surface area contributed by atoms with Gasteiger partial charge >= 0.3 is 0 Å². The van der Waals surface area contributed by atoms with Gasteiger partial charge in [0.15, 0.2) is 0 Å². The number of nitrogens with zero attached hydrogens (tertiary/aromatic N) is 2. The van der Waals surface area contributed by atoms with Crippen LogP contribution in [0.25, 0.3) is 0 Å². The van der Waals surface area contributed by atoms with E-state index in [1.807, 2.05) is 0 Å². The Morgan fingerprint density at radius 3 is 2.75 bits per heavy atom. The van der Waals surface area contributed by atoms with Crippen molar-refractivity contribution in [2.75, 3.05) is 19.8 Å². The zero-order chi connectivity index (χ0) is 14.4. The summed E-state index contributed by atoms with van der Waals surface area (Å²) in [7, 11) is 0. The molecule has 114 valence electrons. The maximum absolute atomic E-state index is 5.49. The average molecular weight is 279 g/mol. The van der Waals surface area contributed by atoms with Crippen molar-refractivity contribution in [1.82, 2.24) is 15.1 Å². The van der Waals surface area contributed by atoms with Gasteiger partial charge in [0, 0.05) is 37.9 Å². The van der Waals surface area contributed by atoms with E-state index in [2.05, 4.69) is 43.0 Å². The lowest BCUT2D eigenvalue weighted by atomic mass is 9.89. The van der Waals surface area contributed by atoms with E-state index in [4.69, 9.17) is 9.84 Å². The molecule has 20 heavy (non-hydrogen) atoms. The average Bonchev–Trinajstić information content (AvgIpc) is 2.93. The van der Waals surface area contributed by atoms with Crippen molar-refractivity contribution < 1.29 is 4.74 Å². The van der Waals surface area contributed by atoms with E-state index < -0.39 is 0 Å². The smallest absolute Gasteiger partial charge is 0.0640 e. The summed E-state index contributed by atoms with van der Waals surface area (Å²) in [5, 5.41) is 8.42. The molecule has 1 aliphatic heterocycles. The maximum Gasteiger partial charge on any atom is 0.0640 e. The fraction of sp³-hybridized carbons (Fsp3) is 0.812. The van der Waals surface area contributed by atoms with Gasteiger partial charge in [-0.1, -0.05) is 6.92 Å². The molecule has 4 nitrogen and oxygen atoms in total. The van der Waals surface area contributed by atoms with Gasteiger partial charge in [-0.25, -0.2) is 0 Å². The van der Waals surface area contributed by atoms with Crippen LogP contribution in [0, 0.1) is 5.92 Å². The number of hydrogen-bond donors (Lipinski definition) is 1. The van der Waals surface area contributed by atoms with Crippen LogP contribution in [0.4, 0.5) is 0 Å². The second-order valence-electron chi connectivity index (χ2n) is 6.10. The fourth-order valence-electron chi connectivity index (χ4n) is 2.85. The number of aromatic nitrogens is 2. The van der Waals surface area contributed by atoms with Crippen LogP contribution in [0.5, 0.6) is 0 Å². The van der Waals surface area contributed by atoms with E-state index >= 15 is 0 Å². The van der Waals surface area contributed by atoms with Crippen molar-refractivity contribution in [3.05, 3.63) is 18.0 Å². The van der Waals surface area contributed by atoms with E-state index in [9.17, 15) is 0 Å². The van der Waals surface area contributed by atoms with Crippen LogP contribution in [0.2, 0.25) is 0 Å². The third-order valence-corrected chi connectivity index (χ3v) is 4.11. The minimum atomic E-state index is 0.439. The third-order valence-electron chi connectivity index (χ3n) is 4.11. The predicted octanol–water partition coefficient (Wildman–Crippen LogP) is 2.80. The SMILES string of the molecule is CCCNC(Cc1ccn(C(C)C)n1)C1CCOCC1. The Hall–Kier alpha value is -0.870. The minimum absolute atomic E-state index is 0.439. The van der Waals surface area contributed by atoms with Gasteiger partial charge in [0.05, 0.1) is 5.69 Å². The highest BCUT2D eigenvalue weighted by atomic mass is 16.5. The van der Waals surface area contributed by atoms with Crippen molar-refractivity contribution in [3.63, 3.8) is 0 Å². The van der Waals surface area contributed by atoms with Crippen LogP contribution in [0.15, 0.2) is 12.3 Å². The number of nitrogens with one attached hydrogen (secondary N) is 1. The molecule has 0 aliphatic carbocycles.